The maximum atomic E-state index is 12.4. The smallest absolute Gasteiger partial charge is 0.166 e. The molecule has 0 spiro atoms. The van der Waals surface area contributed by atoms with Crippen LogP contribution in [0.25, 0.3) is 0 Å². The molecule has 14 heavy (non-hydrogen) atoms. The lowest BCUT2D eigenvalue weighted by atomic mass is 10.0. The Bertz CT molecular complexity index is 329. The van der Waals surface area contributed by atoms with Crippen LogP contribution in [0.1, 0.15) is 30.9 Å². The third-order valence-corrected chi connectivity index (χ3v) is 2.62. The summed E-state index contributed by atoms with van der Waals surface area (Å²) >= 11 is 2.93. The first kappa shape index (κ1) is 11.6. The van der Waals surface area contributed by atoms with Crippen molar-refractivity contribution in [2.24, 2.45) is 0 Å². The minimum Gasteiger partial charge on any atom is -0.166 e. The molecule has 0 aliphatic heterocycles. The van der Waals surface area contributed by atoms with Gasteiger partial charge in [-0.25, -0.2) is 0 Å². The SMILES string of the molecule is CC(C)c1ccc(C(F)(F)F)c(Br)c1. The van der Waals surface area contributed by atoms with Crippen LogP contribution in [0.4, 0.5) is 13.2 Å². The Morgan fingerprint density at radius 3 is 2.14 bits per heavy atom. The Kier molecular flexibility index (Phi) is 3.24. The highest BCUT2D eigenvalue weighted by molar-refractivity contribution is 9.10. The Hall–Kier alpha value is -0.510. The van der Waals surface area contributed by atoms with E-state index in [-0.39, 0.29) is 10.4 Å². The van der Waals surface area contributed by atoms with Crippen molar-refractivity contribution in [1.29, 1.82) is 0 Å². The summed E-state index contributed by atoms with van der Waals surface area (Å²) in [6.45, 7) is 3.88. The molecule has 4 heteroatoms. The standard InChI is InChI=1S/C10H10BrF3/c1-6(2)7-3-4-8(9(11)5-7)10(12,13)14/h3-6H,1-2H3. The summed E-state index contributed by atoms with van der Waals surface area (Å²) in [5.74, 6) is 0.230. The predicted molar refractivity (Wildman–Crippen MR) is 53.2 cm³/mol. The molecule has 0 atom stereocenters. The third kappa shape index (κ3) is 2.50. The van der Waals surface area contributed by atoms with Crippen LogP contribution in [-0.2, 0) is 6.18 Å². The molecule has 0 aromatic heterocycles. The highest BCUT2D eigenvalue weighted by Crippen LogP contribution is 2.36. The lowest BCUT2D eigenvalue weighted by Gasteiger charge is -2.12. The Morgan fingerprint density at radius 1 is 1.21 bits per heavy atom. The molecule has 1 rings (SSSR count). The zero-order chi connectivity index (χ0) is 10.9. The van der Waals surface area contributed by atoms with Crippen LogP contribution in [-0.4, -0.2) is 0 Å². The molecule has 0 unspecified atom stereocenters. The fourth-order valence-electron chi connectivity index (χ4n) is 1.12. The number of benzene rings is 1. The van der Waals surface area contributed by atoms with Crippen molar-refractivity contribution in [3.05, 3.63) is 33.8 Å². The van der Waals surface area contributed by atoms with E-state index in [1.807, 2.05) is 13.8 Å². The molecular formula is C10H10BrF3. The van der Waals surface area contributed by atoms with Crippen LogP contribution >= 0.6 is 15.9 Å². The van der Waals surface area contributed by atoms with E-state index in [0.717, 1.165) is 11.6 Å². The molecular weight excluding hydrogens is 257 g/mol. The minimum absolute atomic E-state index is 0.108. The topological polar surface area (TPSA) is 0 Å². The molecule has 0 nitrogen and oxygen atoms in total. The second-order valence-electron chi connectivity index (χ2n) is 3.39. The van der Waals surface area contributed by atoms with E-state index in [0.29, 0.717) is 0 Å². The zero-order valence-corrected chi connectivity index (χ0v) is 9.41. The van der Waals surface area contributed by atoms with Crippen LogP contribution in [0.2, 0.25) is 0 Å². The van der Waals surface area contributed by atoms with Gasteiger partial charge in [-0.05, 0) is 23.6 Å². The van der Waals surface area contributed by atoms with Gasteiger partial charge in [0.2, 0.25) is 0 Å². The lowest BCUT2D eigenvalue weighted by Crippen LogP contribution is -2.06. The second-order valence-corrected chi connectivity index (χ2v) is 4.25. The first-order valence-corrected chi connectivity index (χ1v) is 4.98. The molecule has 78 valence electrons. The number of halogens is 4. The minimum atomic E-state index is -4.28. The molecule has 0 saturated heterocycles. The van der Waals surface area contributed by atoms with Crippen molar-refractivity contribution in [2.75, 3.05) is 0 Å². The van der Waals surface area contributed by atoms with Crippen LogP contribution in [0.15, 0.2) is 22.7 Å². The van der Waals surface area contributed by atoms with Gasteiger partial charge in [-0.1, -0.05) is 35.8 Å². The van der Waals surface area contributed by atoms with Crippen molar-refractivity contribution >= 4 is 15.9 Å². The summed E-state index contributed by atoms with van der Waals surface area (Å²) < 4.78 is 37.2. The molecule has 0 saturated carbocycles. The normalized spacial score (nSPS) is 12.2. The highest BCUT2D eigenvalue weighted by atomic mass is 79.9. The van der Waals surface area contributed by atoms with Crippen molar-refractivity contribution in [1.82, 2.24) is 0 Å². The van der Waals surface area contributed by atoms with Gasteiger partial charge in [-0.2, -0.15) is 13.2 Å². The van der Waals surface area contributed by atoms with Gasteiger partial charge in [-0.15, -0.1) is 0 Å². The van der Waals surface area contributed by atoms with Gasteiger partial charge >= 0.3 is 6.18 Å². The summed E-state index contributed by atoms with van der Waals surface area (Å²) in [6, 6.07) is 4.14. The van der Waals surface area contributed by atoms with Gasteiger partial charge in [-0.3, -0.25) is 0 Å². The third-order valence-electron chi connectivity index (χ3n) is 1.97. The highest BCUT2D eigenvalue weighted by Gasteiger charge is 2.32. The summed E-state index contributed by atoms with van der Waals surface area (Å²) in [5, 5.41) is 0. The molecule has 1 aromatic rings. The second kappa shape index (κ2) is 3.93. The Labute approximate surface area is 89.3 Å². The maximum Gasteiger partial charge on any atom is 0.417 e. The van der Waals surface area contributed by atoms with Crippen molar-refractivity contribution < 1.29 is 13.2 Å². The van der Waals surface area contributed by atoms with Gasteiger partial charge in [0.1, 0.15) is 0 Å². The largest absolute Gasteiger partial charge is 0.417 e. The lowest BCUT2D eigenvalue weighted by molar-refractivity contribution is -0.138. The van der Waals surface area contributed by atoms with Gasteiger partial charge in [0.25, 0.3) is 0 Å². The van der Waals surface area contributed by atoms with Crippen molar-refractivity contribution in [2.45, 2.75) is 25.9 Å². The quantitative estimate of drug-likeness (QED) is 0.698. The van der Waals surface area contributed by atoms with Crippen molar-refractivity contribution in [3.63, 3.8) is 0 Å². The van der Waals surface area contributed by atoms with E-state index in [1.54, 1.807) is 0 Å². The van der Waals surface area contributed by atoms with Gasteiger partial charge in [0.15, 0.2) is 0 Å². The van der Waals surface area contributed by atoms with E-state index >= 15 is 0 Å². The number of hydrogen-bond acceptors (Lipinski definition) is 0. The summed E-state index contributed by atoms with van der Waals surface area (Å²) in [5.41, 5.74) is 0.270. The van der Waals surface area contributed by atoms with Crippen LogP contribution < -0.4 is 0 Å². The van der Waals surface area contributed by atoms with Crippen LogP contribution in [0.3, 0.4) is 0 Å². The van der Waals surface area contributed by atoms with Gasteiger partial charge < -0.3 is 0 Å². The molecule has 0 fully saturated rings. The predicted octanol–water partition coefficient (Wildman–Crippen LogP) is 4.59. The first-order chi connectivity index (χ1) is 6.32. The number of hydrogen-bond donors (Lipinski definition) is 0. The molecule has 0 heterocycles. The van der Waals surface area contributed by atoms with Crippen molar-refractivity contribution in [3.8, 4) is 0 Å². The van der Waals surface area contributed by atoms with Crippen LogP contribution in [0.5, 0.6) is 0 Å². The average Bonchev–Trinajstić information content (AvgIpc) is 2.01. The van der Waals surface area contributed by atoms with Gasteiger partial charge in [0, 0.05) is 4.47 Å². The van der Waals surface area contributed by atoms with Gasteiger partial charge in [0.05, 0.1) is 5.56 Å². The zero-order valence-electron chi connectivity index (χ0n) is 7.82. The van der Waals surface area contributed by atoms with E-state index in [4.69, 9.17) is 0 Å². The molecule has 0 aliphatic rings. The number of alkyl halides is 3. The summed E-state index contributed by atoms with van der Waals surface area (Å²) in [6.07, 6.45) is -4.28. The maximum absolute atomic E-state index is 12.4. The molecule has 0 bridgehead atoms. The van der Waals surface area contributed by atoms with Crippen LogP contribution in [0, 0.1) is 0 Å². The first-order valence-electron chi connectivity index (χ1n) is 4.19. The fourth-order valence-corrected chi connectivity index (χ4v) is 1.74. The summed E-state index contributed by atoms with van der Waals surface area (Å²) in [7, 11) is 0. The summed E-state index contributed by atoms with van der Waals surface area (Å²) in [4.78, 5) is 0. The van der Waals surface area contributed by atoms with E-state index in [2.05, 4.69) is 15.9 Å². The fraction of sp³-hybridized carbons (Fsp3) is 0.400. The molecule has 1 aromatic carbocycles. The molecule has 0 radical (unpaired) electrons. The molecule has 0 N–H and O–H groups in total. The van der Waals surface area contributed by atoms with E-state index < -0.39 is 11.7 Å². The van der Waals surface area contributed by atoms with E-state index in [1.165, 1.54) is 12.1 Å². The van der Waals surface area contributed by atoms with E-state index in [9.17, 15) is 13.2 Å². The monoisotopic (exact) mass is 266 g/mol. The molecule has 0 aliphatic carbocycles. The average molecular weight is 267 g/mol. The number of rotatable bonds is 1. The Balaban J connectivity index is 3.15. The Morgan fingerprint density at radius 2 is 1.79 bits per heavy atom. The molecule has 0 amide bonds.